The third kappa shape index (κ3) is 2.95. The molecule has 3 nitrogen and oxygen atoms in total. The van der Waals surface area contributed by atoms with Gasteiger partial charge in [0.1, 0.15) is 0 Å². The lowest BCUT2D eigenvalue weighted by atomic mass is 9.53. The van der Waals surface area contributed by atoms with Crippen LogP contribution in [0.15, 0.2) is 12.1 Å². The number of ether oxygens (including phenoxy) is 2. The maximum Gasteiger partial charge on any atom is 0.174 e. The summed E-state index contributed by atoms with van der Waals surface area (Å²) in [5.41, 5.74) is 6.27. The fourth-order valence-electron chi connectivity index (χ4n) is 7.83. The van der Waals surface area contributed by atoms with Crippen LogP contribution < -0.4 is 0 Å². The van der Waals surface area contributed by atoms with Gasteiger partial charge < -0.3 is 14.6 Å². The Hall–Kier alpha value is -0.900. The molecule has 4 aliphatic rings. The van der Waals surface area contributed by atoms with Gasteiger partial charge in [-0.25, -0.2) is 0 Å². The molecule has 1 aromatic carbocycles. The fourth-order valence-corrected chi connectivity index (χ4v) is 7.83. The Morgan fingerprint density at radius 3 is 2.59 bits per heavy atom. The van der Waals surface area contributed by atoms with Gasteiger partial charge in [-0.1, -0.05) is 25.5 Å². The minimum Gasteiger partial charge on any atom is -0.396 e. The number of fused-ring (bicyclic) bond motifs is 6. The average Bonchev–Trinajstić information content (AvgIpc) is 3.27. The lowest BCUT2D eigenvalue weighted by molar-refractivity contribution is -0.237. The van der Waals surface area contributed by atoms with Gasteiger partial charge in [-0.15, -0.1) is 0 Å². The molecule has 1 heterocycles. The summed E-state index contributed by atoms with van der Waals surface area (Å²) in [5, 5.41) is 9.32. The number of hydrogen-bond acceptors (Lipinski definition) is 3. The zero-order valence-electron chi connectivity index (χ0n) is 18.5. The average molecular weight is 399 g/mol. The first-order valence-corrected chi connectivity index (χ1v) is 12.0. The molecule has 0 radical (unpaired) electrons. The van der Waals surface area contributed by atoms with Gasteiger partial charge in [0.15, 0.2) is 5.79 Å². The van der Waals surface area contributed by atoms with E-state index >= 15 is 0 Å². The van der Waals surface area contributed by atoms with Crippen LogP contribution in [-0.4, -0.2) is 30.7 Å². The molecule has 1 aromatic rings. The first kappa shape index (κ1) is 20.0. The monoisotopic (exact) mass is 398 g/mol. The zero-order chi connectivity index (χ0) is 20.2. The van der Waals surface area contributed by atoms with Crippen LogP contribution in [0.4, 0.5) is 0 Å². The lowest BCUT2D eigenvalue weighted by Gasteiger charge is -2.53. The van der Waals surface area contributed by atoms with Crippen molar-refractivity contribution in [2.24, 2.45) is 23.2 Å². The summed E-state index contributed by atoms with van der Waals surface area (Å²) in [6.45, 7) is 8.83. The molecule has 0 aromatic heterocycles. The van der Waals surface area contributed by atoms with Gasteiger partial charge in [0.25, 0.3) is 0 Å². The van der Waals surface area contributed by atoms with Crippen molar-refractivity contribution in [3.05, 3.63) is 34.4 Å². The summed E-state index contributed by atoms with van der Waals surface area (Å²) in [7, 11) is 0. The van der Waals surface area contributed by atoms with Gasteiger partial charge >= 0.3 is 0 Å². The third-order valence-corrected chi connectivity index (χ3v) is 9.24. The molecule has 29 heavy (non-hydrogen) atoms. The lowest BCUT2D eigenvalue weighted by Crippen LogP contribution is -2.51. The quantitative estimate of drug-likeness (QED) is 0.700. The Balaban J connectivity index is 1.51. The number of aliphatic hydroxyl groups is 1. The van der Waals surface area contributed by atoms with E-state index in [2.05, 4.69) is 32.9 Å². The van der Waals surface area contributed by atoms with Gasteiger partial charge in [0.05, 0.1) is 13.2 Å². The fraction of sp³-hybridized carbons (Fsp3) is 0.769. The Bertz CT molecular complexity index is 765. The molecule has 3 aliphatic carbocycles. The standard InChI is InChI=1S/C26H38O3/c1-17-14-19-7-8-22-21(23(19)15-18(17)2)9-10-25(3)24(22)20(6-4-5-11-27)16-26(25)28-12-13-29-26/h14-15,20-22,24,27H,4-13,16H2,1-3H3/t20?,21?,22-,24?,25+/m1/s1. The van der Waals surface area contributed by atoms with Crippen molar-refractivity contribution in [3.8, 4) is 0 Å². The second kappa shape index (κ2) is 7.35. The number of benzene rings is 1. The number of aryl methyl sites for hydroxylation is 3. The maximum atomic E-state index is 9.32. The molecule has 1 aliphatic heterocycles. The molecule has 3 fully saturated rings. The Labute approximate surface area is 176 Å². The number of aliphatic hydroxyl groups excluding tert-OH is 1. The van der Waals surface area contributed by atoms with Crippen LogP contribution >= 0.6 is 0 Å². The predicted octanol–water partition coefficient (Wildman–Crippen LogP) is 5.29. The second-order valence-electron chi connectivity index (χ2n) is 10.6. The van der Waals surface area contributed by atoms with Gasteiger partial charge in [-0.2, -0.15) is 0 Å². The van der Waals surface area contributed by atoms with E-state index < -0.39 is 0 Å². The topological polar surface area (TPSA) is 38.7 Å². The van der Waals surface area contributed by atoms with Gasteiger partial charge in [-0.05, 0) is 98.3 Å². The van der Waals surface area contributed by atoms with Gasteiger partial charge in [0.2, 0.25) is 0 Å². The predicted molar refractivity (Wildman–Crippen MR) is 115 cm³/mol. The summed E-state index contributed by atoms with van der Waals surface area (Å²) in [6, 6.07) is 4.98. The minimum absolute atomic E-state index is 0.131. The SMILES string of the molecule is Cc1cc2c(cc1C)C1CC[C@@]3(C)C(C(CCCCO)CC34OCCO4)[C@@H]1CC2. The number of unbranched alkanes of at least 4 members (excludes halogenated alkanes) is 1. The molecule has 1 N–H and O–H groups in total. The molecule has 0 bridgehead atoms. The van der Waals surface area contributed by atoms with Crippen LogP contribution in [0.5, 0.6) is 0 Å². The highest BCUT2D eigenvalue weighted by molar-refractivity contribution is 5.42. The van der Waals surface area contributed by atoms with Crippen molar-refractivity contribution in [2.45, 2.75) is 83.8 Å². The summed E-state index contributed by atoms with van der Waals surface area (Å²) >= 11 is 0. The van der Waals surface area contributed by atoms with E-state index in [9.17, 15) is 5.11 Å². The number of hydrogen-bond donors (Lipinski definition) is 1. The van der Waals surface area contributed by atoms with E-state index in [4.69, 9.17) is 9.47 Å². The van der Waals surface area contributed by atoms with Crippen molar-refractivity contribution in [1.82, 2.24) is 0 Å². The smallest absolute Gasteiger partial charge is 0.174 e. The van der Waals surface area contributed by atoms with Crippen LogP contribution in [0.3, 0.4) is 0 Å². The molecule has 0 amide bonds. The molecular formula is C26H38O3. The molecular weight excluding hydrogens is 360 g/mol. The summed E-state index contributed by atoms with van der Waals surface area (Å²) in [6.07, 6.45) is 9.32. The normalized spacial score (nSPS) is 37.4. The zero-order valence-corrected chi connectivity index (χ0v) is 18.5. The third-order valence-electron chi connectivity index (χ3n) is 9.24. The van der Waals surface area contributed by atoms with Crippen LogP contribution in [0, 0.1) is 37.0 Å². The molecule has 2 saturated carbocycles. The molecule has 3 unspecified atom stereocenters. The van der Waals surface area contributed by atoms with E-state index in [0.717, 1.165) is 38.4 Å². The first-order chi connectivity index (χ1) is 14.0. The Kier molecular flexibility index (Phi) is 5.08. The molecule has 5 atom stereocenters. The molecule has 5 rings (SSSR count). The summed E-state index contributed by atoms with van der Waals surface area (Å²) in [4.78, 5) is 0. The highest BCUT2D eigenvalue weighted by Crippen LogP contribution is 2.68. The summed E-state index contributed by atoms with van der Waals surface area (Å²) < 4.78 is 12.8. The molecule has 1 spiro atoms. The number of rotatable bonds is 4. The van der Waals surface area contributed by atoms with E-state index in [-0.39, 0.29) is 11.2 Å². The minimum atomic E-state index is -0.351. The van der Waals surface area contributed by atoms with Crippen molar-refractivity contribution in [1.29, 1.82) is 0 Å². The van der Waals surface area contributed by atoms with Crippen LogP contribution in [-0.2, 0) is 15.9 Å². The highest BCUT2D eigenvalue weighted by Gasteiger charge is 2.68. The van der Waals surface area contributed by atoms with Crippen LogP contribution in [0.25, 0.3) is 0 Å². The van der Waals surface area contributed by atoms with E-state index in [1.807, 2.05) is 0 Å². The molecule has 160 valence electrons. The summed E-state index contributed by atoms with van der Waals surface area (Å²) in [5.74, 6) is 2.43. The van der Waals surface area contributed by atoms with E-state index in [0.29, 0.717) is 24.4 Å². The van der Waals surface area contributed by atoms with Gasteiger partial charge in [0, 0.05) is 18.4 Å². The maximum absolute atomic E-state index is 9.32. The van der Waals surface area contributed by atoms with Crippen molar-refractivity contribution >= 4 is 0 Å². The van der Waals surface area contributed by atoms with E-state index in [1.165, 1.54) is 43.2 Å². The Morgan fingerprint density at radius 1 is 1.07 bits per heavy atom. The van der Waals surface area contributed by atoms with Crippen molar-refractivity contribution in [2.75, 3.05) is 19.8 Å². The molecule has 1 saturated heterocycles. The second-order valence-corrected chi connectivity index (χ2v) is 10.6. The largest absolute Gasteiger partial charge is 0.396 e. The molecule has 3 heteroatoms. The Morgan fingerprint density at radius 2 is 1.83 bits per heavy atom. The van der Waals surface area contributed by atoms with Crippen LogP contribution in [0.1, 0.15) is 80.0 Å². The van der Waals surface area contributed by atoms with Gasteiger partial charge in [-0.3, -0.25) is 0 Å². The van der Waals surface area contributed by atoms with E-state index in [1.54, 1.807) is 11.1 Å². The van der Waals surface area contributed by atoms with Crippen molar-refractivity contribution < 1.29 is 14.6 Å². The highest BCUT2D eigenvalue weighted by atomic mass is 16.7. The van der Waals surface area contributed by atoms with Crippen LogP contribution in [0.2, 0.25) is 0 Å². The van der Waals surface area contributed by atoms with Crippen molar-refractivity contribution in [3.63, 3.8) is 0 Å². The first-order valence-electron chi connectivity index (χ1n) is 12.0.